The molecule has 0 aliphatic carbocycles. The van der Waals surface area contributed by atoms with Crippen molar-refractivity contribution in [2.75, 3.05) is 31.6 Å². The number of carbonyl (C=O) groups excluding carboxylic acids is 1. The van der Waals surface area contributed by atoms with Crippen molar-refractivity contribution >= 4 is 23.1 Å². The second-order valence-electron chi connectivity index (χ2n) is 8.48. The molecule has 9 heteroatoms. The molecule has 0 atom stereocenters. The first-order valence-corrected chi connectivity index (χ1v) is 11.2. The normalized spacial score (nSPS) is 16.0. The largest absolute Gasteiger partial charge is 0.379 e. The molecule has 0 spiro atoms. The number of pyridine rings is 2. The first-order valence-electron chi connectivity index (χ1n) is 11.2. The van der Waals surface area contributed by atoms with Crippen LogP contribution < -0.4 is 10.6 Å². The number of rotatable bonds is 5. The van der Waals surface area contributed by atoms with E-state index >= 15 is 0 Å². The summed E-state index contributed by atoms with van der Waals surface area (Å²) in [6.45, 7) is 4.64. The highest BCUT2D eigenvalue weighted by molar-refractivity contribution is 6.06. The molecule has 1 saturated heterocycles. The Morgan fingerprint density at radius 3 is 2.79 bits per heavy atom. The topological polar surface area (TPSA) is 83.8 Å². The Labute approximate surface area is 195 Å². The quantitative estimate of drug-likeness (QED) is 0.477. The third kappa shape index (κ3) is 3.78. The van der Waals surface area contributed by atoms with Gasteiger partial charge in [-0.25, -0.2) is 14.4 Å². The number of halogens is 1. The molecule has 5 heterocycles. The second-order valence-corrected chi connectivity index (χ2v) is 8.48. The molecule has 2 N–H and O–H groups in total. The monoisotopic (exact) mass is 458 g/mol. The van der Waals surface area contributed by atoms with Crippen LogP contribution in [0.1, 0.15) is 21.5 Å². The lowest BCUT2D eigenvalue weighted by Crippen LogP contribution is -2.35. The van der Waals surface area contributed by atoms with Crippen LogP contribution in [0.3, 0.4) is 0 Å². The van der Waals surface area contributed by atoms with Crippen molar-refractivity contribution in [2.45, 2.75) is 13.1 Å². The van der Waals surface area contributed by atoms with Crippen molar-refractivity contribution in [3.63, 3.8) is 0 Å². The lowest BCUT2D eigenvalue weighted by molar-refractivity contribution is 0.0341. The molecule has 2 aliphatic heterocycles. The standard InChI is InChI=1S/C25H23FN6O2/c26-17-5-6-32-21(14-28-23(32)11-17)18-2-3-20(24-19(18)13-29-25(24)33)30-22-4-1-16(12-27-22)15-31-7-9-34-10-8-31/h1-6,11-12,14H,7-10,13,15H2,(H,27,30)(H,29,33). The zero-order valence-corrected chi connectivity index (χ0v) is 18.4. The number of hydrogen-bond acceptors (Lipinski definition) is 6. The summed E-state index contributed by atoms with van der Waals surface area (Å²) in [5.41, 5.74) is 5.51. The van der Waals surface area contributed by atoms with Crippen LogP contribution >= 0.6 is 0 Å². The van der Waals surface area contributed by atoms with E-state index in [0.29, 0.717) is 29.3 Å². The van der Waals surface area contributed by atoms with Crippen molar-refractivity contribution < 1.29 is 13.9 Å². The van der Waals surface area contributed by atoms with Crippen LogP contribution in [-0.2, 0) is 17.8 Å². The number of nitrogens with zero attached hydrogens (tertiary/aromatic N) is 4. The Bertz CT molecular complexity index is 1380. The summed E-state index contributed by atoms with van der Waals surface area (Å²) in [5.74, 6) is 0.198. The Kier molecular flexibility index (Phi) is 5.20. The third-order valence-corrected chi connectivity index (χ3v) is 6.31. The summed E-state index contributed by atoms with van der Waals surface area (Å²) in [6.07, 6.45) is 5.22. The Balaban J connectivity index is 1.28. The number of amides is 1. The fourth-order valence-corrected chi connectivity index (χ4v) is 4.59. The molecule has 6 rings (SSSR count). The third-order valence-electron chi connectivity index (χ3n) is 6.31. The number of carbonyl (C=O) groups is 1. The van der Waals surface area contributed by atoms with Gasteiger partial charge in [0.1, 0.15) is 17.3 Å². The number of aromatic nitrogens is 3. The first-order chi connectivity index (χ1) is 16.7. The number of fused-ring (bicyclic) bond motifs is 2. The molecule has 172 valence electrons. The van der Waals surface area contributed by atoms with E-state index in [1.54, 1.807) is 12.4 Å². The number of anilines is 2. The van der Waals surface area contributed by atoms with Gasteiger partial charge in [0.15, 0.2) is 0 Å². The van der Waals surface area contributed by atoms with Gasteiger partial charge in [0.25, 0.3) is 5.91 Å². The van der Waals surface area contributed by atoms with Gasteiger partial charge in [-0.3, -0.25) is 14.1 Å². The fourth-order valence-electron chi connectivity index (χ4n) is 4.59. The highest BCUT2D eigenvalue weighted by atomic mass is 19.1. The van der Waals surface area contributed by atoms with Gasteiger partial charge in [-0.05, 0) is 29.3 Å². The Morgan fingerprint density at radius 1 is 1.09 bits per heavy atom. The molecule has 1 fully saturated rings. The zero-order valence-electron chi connectivity index (χ0n) is 18.4. The van der Waals surface area contributed by atoms with Crippen molar-refractivity contribution in [3.05, 3.63) is 77.5 Å². The van der Waals surface area contributed by atoms with Crippen LogP contribution in [0.2, 0.25) is 0 Å². The van der Waals surface area contributed by atoms with Gasteiger partial charge in [0.05, 0.1) is 36.4 Å². The second kappa shape index (κ2) is 8.51. The molecule has 0 saturated carbocycles. The fraction of sp³-hybridized carbons (Fsp3) is 0.240. The van der Waals surface area contributed by atoms with Gasteiger partial charge in [0.2, 0.25) is 0 Å². The van der Waals surface area contributed by atoms with E-state index in [4.69, 9.17) is 4.74 Å². The number of benzene rings is 1. The highest BCUT2D eigenvalue weighted by Gasteiger charge is 2.27. The molecule has 3 aromatic heterocycles. The maximum Gasteiger partial charge on any atom is 0.254 e. The lowest BCUT2D eigenvalue weighted by Gasteiger charge is -2.26. The first kappa shape index (κ1) is 20.8. The average molecular weight is 458 g/mol. The van der Waals surface area contributed by atoms with Gasteiger partial charge < -0.3 is 15.4 Å². The zero-order chi connectivity index (χ0) is 23.1. The molecular formula is C25H23FN6O2. The molecule has 0 unspecified atom stereocenters. The maximum atomic E-state index is 13.6. The molecule has 2 aliphatic rings. The summed E-state index contributed by atoms with van der Waals surface area (Å²) in [7, 11) is 0. The number of ether oxygens (including phenoxy) is 1. The minimum atomic E-state index is -0.338. The van der Waals surface area contributed by atoms with E-state index in [0.717, 1.165) is 55.2 Å². The highest BCUT2D eigenvalue weighted by Crippen LogP contribution is 2.35. The number of nitrogens with one attached hydrogen (secondary N) is 2. The maximum absolute atomic E-state index is 13.6. The van der Waals surface area contributed by atoms with Crippen LogP contribution in [0.25, 0.3) is 16.9 Å². The number of hydrogen-bond donors (Lipinski definition) is 2. The molecule has 34 heavy (non-hydrogen) atoms. The van der Waals surface area contributed by atoms with Crippen LogP contribution in [-0.4, -0.2) is 51.5 Å². The average Bonchev–Trinajstić information content (AvgIpc) is 3.45. The van der Waals surface area contributed by atoms with Crippen LogP contribution in [0.4, 0.5) is 15.9 Å². The van der Waals surface area contributed by atoms with Crippen molar-refractivity contribution in [1.82, 2.24) is 24.6 Å². The molecule has 4 aromatic rings. The number of imidazole rings is 1. The van der Waals surface area contributed by atoms with E-state index in [2.05, 4.69) is 31.6 Å². The van der Waals surface area contributed by atoms with Crippen molar-refractivity contribution in [3.8, 4) is 11.3 Å². The SMILES string of the molecule is O=C1NCc2c(-c3cnc4cc(F)ccn34)ccc(Nc3ccc(CN4CCOCC4)cn3)c21. The van der Waals surface area contributed by atoms with E-state index in [1.807, 2.05) is 28.8 Å². The van der Waals surface area contributed by atoms with Crippen LogP contribution in [0.5, 0.6) is 0 Å². The lowest BCUT2D eigenvalue weighted by atomic mass is 9.99. The van der Waals surface area contributed by atoms with E-state index in [9.17, 15) is 9.18 Å². The Hall–Kier alpha value is -3.82. The van der Waals surface area contributed by atoms with Gasteiger partial charge in [-0.15, -0.1) is 0 Å². The smallest absolute Gasteiger partial charge is 0.254 e. The van der Waals surface area contributed by atoms with E-state index < -0.39 is 0 Å². The summed E-state index contributed by atoms with van der Waals surface area (Å²) in [5, 5.41) is 6.23. The van der Waals surface area contributed by atoms with Gasteiger partial charge in [-0.1, -0.05) is 12.1 Å². The molecule has 0 radical (unpaired) electrons. The molecule has 1 amide bonds. The predicted octanol–water partition coefficient (Wildman–Crippen LogP) is 3.35. The molecule has 0 bridgehead atoms. The van der Waals surface area contributed by atoms with Gasteiger partial charge >= 0.3 is 0 Å². The van der Waals surface area contributed by atoms with Crippen molar-refractivity contribution in [1.29, 1.82) is 0 Å². The summed E-state index contributed by atoms with van der Waals surface area (Å²) in [4.78, 5) is 24.0. The Morgan fingerprint density at radius 2 is 1.97 bits per heavy atom. The summed E-state index contributed by atoms with van der Waals surface area (Å²) >= 11 is 0. The predicted molar refractivity (Wildman–Crippen MR) is 125 cm³/mol. The number of morpholine rings is 1. The van der Waals surface area contributed by atoms with Gasteiger partial charge in [-0.2, -0.15) is 0 Å². The molecule has 8 nitrogen and oxygen atoms in total. The van der Waals surface area contributed by atoms with E-state index in [1.165, 1.54) is 12.1 Å². The van der Waals surface area contributed by atoms with Gasteiger partial charge in [0, 0.05) is 50.2 Å². The van der Waals surface area contributed by atoms with Crippen LogP contribution in [0.15, 0.2) is 55.0 Å². The molecule has 1 aromatic carbocycles. The minimum Gasteiger partial charge on any atom is -0.379 e. The van der Waals surface area contributed by atoms with E-state index in [-0.39, 0.29) is 11.7 Å². The minimum absolute atomic E-state index is 0.136. The summed E-state index contributed by atoms with van der Waals surface area (Å²) in [6, 6.07) is 10.6. The summed E-state index contributed by atoms with van der Waals surface area (Å²) < 4.78 is 20.8. The molecular weight excluding hydrogens is 435 g/mol. The van der Waals surface area contributed by atoms with Crippen LogP contribution in [0, 0.1) is 5.82 Å². The van der Waals surface area contributed by atoms with Crippen molar-refractivity contribution in [2.24, 2.45) is 0 Å².